The second kappa shape index (κ2) is 6.74. The van der Waals surface area contributed by atoms with Crippen LogP contribution in [0.4, 0.5) is 0 Å². The maximum atomic E-state index is 12.5. The second-order valence-electron chi connectivity index (χ2n) is 6.02. The van der Waals surface area contributed by atoms with Crippen LogP contribution >= 0.6 is 0 Å². The van der Waals surface area contributed by atoms with Crippen molar-refractivity contribution in [3.05, 3.63) is 35.4 Å². The predicted octanol–water partition coefficient (Wildman–Crippen LogP) is 2.84. The van der Waals surface area contributed by atoms with Crippen LogP contribution < -0.4 is 0 Å². The highest BCUT2D eigenvalue weighted by Crippen LogP contribution is 2.31. The molecule has 2 unspecified atom stereocenters. The van der Waals surface area contributed by atoms with Gasteiger partial charge in [-0.05, 0) is 25.3 Å². The van der Waals surface area contributed by atoms with Crippen LogP contribution in [0.15, 0.2) is 24.3 Å². The Morgan fingerprint density at radius 1 is 1.14 bits per heavy atom. The summed E-state index contributed by atoms with van der Waals surface area (Å²) in [5, 5.41) is 9.29. The zero-order valence-corrected chi connectivity index (χ0v) is 12.7. The van der Waals surface area contributed by atoms with E-state index in [1.54, 1.807) is 11.9 Å². The molecule has 1 aromatic rings. The molecule has 0 aliphatic heterocycles. The van der Waals surface area contributed by atoms with Gasteiger partial charge in [-0.2, -0.15) is 0 Å². The molecule has 1 aromatic carbocycles. The van der Waals surface area contributed by atoms with Crippen LogP contribution in [-0.2, 0) is 16.1 Å². The Bertz CT molecular complexity index is 509. The summed E-state index contributed by atoms with van der Waals surface area (Å²) in [5.74, 6) is -1.77. The van der Waals surface area contributed by atoms with Gasteiger partial charge in [0, 0.05) is 13.6 Å². The topological polar surface area (TPSA) is 57.6 Å². The normalized spacial score (nSPS) is 21.8. The Hall–Kier alpha value is -1.84. The number of hydrogen-bond acceptors (Lipinski definition) is 2. The largest absolute Gasteiger partial charge is 0.481 e. The van der Waals surface area contributed by atoms with E-state index in [2.05, 4.69) is 0 Å². The number of carboxylic acids is 1. The highest BCUT2D eigenvalue weighted by molar-refractivity contribution is 5.84. The molecule has 2 atom stereocenters. The van der Waals surface area contributed by atoms with E-state index in [1.807, 2.05) is 31.2 Å². The van der Waals surface area contributed by atoms with Gasteiger partial charge in [0.1, 0.15) is 0 Å². The summed E-state index contributed by atoms with van der Waals surface area (Å²) in [4.78, 5) is 25.5. The highest BCUT2D eigenvalue weighted by atomic mass is 16.4. The van der Waals surface area contributed by atoms with Gasteiger partial charge >= 0.3 is 5.97 Å². The van der Waals surface area contributed by atoms with Gasteiger partial charge in [-0.1, -0.05) is 42.7 Å². The molecule has 0 bridgehead atoms. The van der Waals surface area contributed by atoms with Gasteiger partial charge in [0.05, 0.1) is 11.8 Å². The van der Waals surface area contributed by atoms with Crippen LogP contribution in [0.25, 0.3) is 0 Å². The smallest absolute Gasteiger partial charge is 0.307 e. The quantitative estimate of drug-likeness (QED) is 0.927. The van der Waals surface area contributed by atoms with Crippen LogP contribution in [0.3, 0.4) is 0 Å². The third-order valence-electron chi connectivity index (χ3n) is 4.32. The summed E-state index contributed by atoms with van der Waals surface area (Å²) in [6.45, 7) is 2.56. The average molecular weight is 289 g/mol. The highest BCUT2D eigenvalue weighted by Gasteiger charge is 2.36. The fourth-order valence-corrected chi connectivity index (χ4v) is 3.05. The van der Waals surface area contributed by atoms with Crippen LogP contribution in [-0.4, -0.2) is 28.9 Å². The molecule has 0 spiro atoms. The first kappa shape index (κ1) is 15.5. The fraction of sp³-hybridized carbons (Fsp3) is 0.529. The molecular formula is C17H23NO3. The molecule has 0 radical (unpaired) electrons. The van der Waals surface area contributed by atoms with Gasteiger partial charge in [0.25, 0.3) is 0 Å². The molecule has 0 saturated heterocycles. The lowest BCUT2D eigenvalue weighted by Gasteiger charge is -2.31. The summed E-state index contributed by atoms with van der Waals surface area (Å²) in [5.41, 5.74) is 2.25. The van der Waals surface area contributed by atoms with E-state index in [-0.39, 0.29) is 11.8 Å². The Labute approximate surface area is 125 Å². The first-order valence-corrected chi connectivity index (χ1v) is 7.52. The van der Waals surface area contributed by atoms with Crippen molar-refractivity contribution in [2.45, 2.75) is 39.2 Å². The fourth-order valence-electron chi connectivity index (χ4n) is 3.05. The Morgan fingerprint density at radius 2 is 1.71 bits per heavy atom. The van der Waals surface area contributed by atoms with Gasteiger partial charge in [0.2, 0.25) is 5.91 Å². The van der Waals surface area contributed by atoms with Crippen molar-refractivity contribution >= 4 is 11.9 Å². The molecule has 1 N–H and O–H groups in total. The molecule has 4 heteroatoms. The maximum Gasteiger partial charge on any atom is 0.307 e. The third kappa shape index (κ3) is 3.84. The number of carbonyl (C=O) groups excluding carboxylic acids is 1. The molecule has 1 amide bonds. The predicted molar refractivity (Wildman–Crippen MR) is 80.7 cm³/mol. The third-order valence-corrected chi connectivity index (χ3v) is 4.32. The zero-order chi connectivity index (χ0) is 15.4. The molecule has 2 rings (SSSR count). The lowest BCUT2D eigenvalue weighted by atomic mass is 9.78. The Kier molecular flexibility index (Phi) is 4.99. The van der Waals surface area contributed by atoms with E-state index < -0.39 is 11.9 Å². The zero-order valence-electron chi connectivity index (χ0n) is 12.7. The molecule has 1 aliphatic carbocycles. The molecule has 4 nitrogen and oxygen atoms in total. The number of rotatable bonds is 4. The number of nitrogens with zero attached hydrogens (tertiary/aromatic N) is 1. The van der Waals surface area contributed by atoms with Crippen molar-refractivity contribution in [1.29, 1.82) is 0 Å². The number of amides is 1. The van der Waals surface area contributed by atoms with E-state index in [1.165, 1.54) is 5.56 Å². The first-order valence-electron chi connectivity index (χ1n) is 7.52. The first-order chi connectivity index (χ1) is 9.99. The van der Waals surface area contributed by atoms with Crippen LogP contribution in [0.2, 0.25) is 0 Å². The minimum atomic E-state index is -0.836. The number of carboxylic acid groups (broad SMARTS) is 1. The van der Waals surface area contributed by atoms with Gasteiger partial charge < -0.3 is 10.0 Å². The number of aliphatic carboxylic acids is 1. The van der Waals surface area contributed by atoms with E-state index in [4.69, 9.17) is 0 Å². The monoisotopic (exact) mass is 289 g/mol. The number of benzene rings is 1. The average Bonchev–Trinajstić information content (AvgIpc) is 2.48. The van der Waals surface area contributed by atoms with E-state index in [9.17, 15) is 14.7 Å². The van der Waals surface area contributed by atoms with Crippen molar-refractivity contribution in [3.63, 3.8) is 0 Å². The molecule has 1 saturated carbocycles. The summed E-state index contributed by atoms with van der Waals surface area (Å²) in [6.07, 6.45) is 3.15. The second-order valence-corrected chi connectivity index (χ2v) is 6.02. The van der Waals surface area contributed by atoms with E-state index in [0.29, 0.717) is 19.4 Å². The number of aryl methyl sites for hydroxylation is 1. The number of carbonyl (C=O) groups is 2. The summed E-state index contributed by atoms with van der Waals surface area (Å²) < 4.78 is 0. The molecule has 21 heavy (non-hydrogen) atoms. The summed E-state index contributed by atoms with van der Waals surface area (Å²) >= 11 is 0. The molecule has 0 heterocycles. The van der Waals surface area contributed by atoms with Crippen LogP contribution in [0.5, 0.6) is 0 Å². The minimum Gasteiger partial charge on any atom is -0.481 e. The Morgan fingerprint density at radius 3 is 2.29 bits per heavy atom. The van der Waals surface area contributed by atoms with Gasteiger partial charge in [-0.15, -0.1) is 0 Å². The molecule has 114 valence electrons. The van der Waals surface area contributed by atoms with Gasteiger partial charge in [0.15, 0.2) is 0 Å². The van der Waals surface area contributed by atoms with Crippen molar-refractivity contribution in [1.82, 2.24) is 4.90 Å². The molecule has 1 fully saturated rings. The molecular weight excluding hydrogens is 266 g/mol. The summed E-state index contributed by atoms with van der Waals surface area (Å²) in [7, 11) is 1.76. The number of hydrogen-bond donors (Lipinski definition) is 1. The minimum absolute atomic E-state index is 0.0392. The van der Waals surface area contributed by atoms with Crippen LogP contribution in [0, 0.1) is 18.8 Å². The maximum absolute atomic E-state index is 12.5. The SMILES string of the molecule is Cc1ccc(CN(C)C(=O)C2CCCCC2C(=O)O)cc1. The van der Waals surface area contributed by atoms with Crippen molar-refractivity contribution in [2.75, 3.05) is 7.05 Å². The van der Waals surface area contributed by atoms with Crippen LogP contribution in [0.1, 0.15) is 36.8 Å². The van der Waals surface area contributed by atoms with Gasteiger partial charge in [-0.3, -0.25) is 9.59 Å². The van der Waals surface area contributed by atoms with E-state index in [0.717, 1.165) is 18.4 Å². The lowest BCUT2D eigenvalue weighted by Crippen LogP contribution is -2.40. The lowest BCUT2D eigenvalue weighted by molar-refractivity contribution is -0.152. The summed E-state index contributed by atoms with van der Waals surface area (Å²) in [6, 6.07) is 8.06. The van der Waals surface area contributed by atoms with Crippen molar-refractivity contribution < 1.29 is 14.7 Å². The van der Waals surface area contributed by atoms with E-state index >= 15 is 0 Å². The standard InChI is InChI=1S/C17H23NO3/c1-12-7-9-13(10-8-12)11-18(2)16(19)14-5-3-4-6-15(14)17(20)21/h7-10,14-15H,3-6,11H2,1-2H3,(H,20,21). The van der Waals surface area contributed by atoms with Crippen molar-refractivity contribution in [3.8, 4) is 0 Å². The Balaban J connectivity index is 2.03. The van der Waals surface area contributed by atoms with Gasteiger partial charge in [-0.25, -0.2) is 0 Å². The van der Waals surface area contributed by atoms with Crippen molar-refractivity contribution in [2.24, 2.45) is 11.8 Å². The molecule has 0 aromatic heterocycles. The molecule has 1 aliphatic rings.